The minimum Gasteiger partial charge on any atom is -0.388 e. The molecule has 0 aliphatic heterocycles. The van der Waals surface area contributed by atoms with Crippen molar-refractivity contribution in [1.29, 1.82) is 0 Å². The number of nitrogens with zero attached hydrogens (tertiary/aromatic N) is 2. The molecule has 0 spiro atoms. The fraction of sp³-hybridized carbons (Fsp3) is 0.269. The Morgan fingerprint density at radius 3 is 2.58 bits per heavy atom. The summed E-state index contributed by atoms with van der Waals surface area (Å²) in [5.41, 5.74) is 6.99. The number of nitrogens with one attached hydrogen (secondary N) is 3. The largest absolute Gasteiger partial charge is 0.388 e. The Bertz CT molecular complexity index is 984. The Kier molecular flexibility index (Phi) is 12.3. The van der Waals surface area contributed by atoms with Crippen LogP contribution in [0.2, 0.25) is 0 Å². The number of aldehydes is 1. The van der Waals surface area contributed by atoms with E-state index in [1.165, 1.54) is 16.7 Å². The van der Waals surface area contributed by atoms with Gasteiger partial charge in [0.15, 0.2) is 0 Å². The van der Waals surface area contributed by atoms with E-state index in [-0.39, 0.29) is 0 Å². The van der Waals surface area contributed by atoms with Crippen LogP contribution in [0.3, 0.4) is 0 Å². The van der Waals surface area contributed by atoms with Gasteiger partial charge in [-0.15, -0.1) is 11.8 Å². The lowest BCUT2D eigenvalue weighted by atomic mass is 9.98. The monoisotopic (exact) mass is 463 g/mol. The summed E-state index contributed by atoms with van der Waals surface area (Å²) in [6.45, 7) is 3.35. The van der Waals surface area contributed by atoms with E-state index in [1.807, 2.05) is 25.7 Å². The fourth-order valence-corrected chi connectivity index (χ4v) is 3.79. The van der Waals surface area contributed by atoms with Crippen molar-refractivity contribution in [2.24, 2.45) is 4.99 Å². The number of aliphatic imine (C=N–C) groups is 1. The van der Waals surface area contributed by atoms with E-state index in [0.29, 0.717) is 6.42 Å². The number of aromatic nitrogens is 2. The van der Waals surface area contributed by atoms with Crippen LogP contribution in [0.5, 0.6) is 0 Å². The zero-order valence-electron chi connectivity index (χ0n) is 19.4. The maximum absolute atomic E-state index is 10.1. The van der Waals surface area contributed by atoms with E-state index in [2.05, 4.69) is 80.8 Å². The zero-order valence-corrected chi connectivity index (χ0v) is 20.2. The van der Waals surface area contributed by atoms with Crippen molar-refractivity contribution >= 4 is 30.5 Å². The lowest BCUT2D eigenvalue weighted by molar-refractivity contribution is -0.107. The van der Waals surface area contributed by atoms with Crippen molar-refractivity contribution < 1.29 is 4.79 Å². The molecule has 7 heteroatoms. The molecule has 0 radical (unpaired) electrons. The number of allylic oxidation sites excluding steroid dienone is 1. The summed E-state index contributed by atoms with van der Waals surface area (Å²) in [7, 11) is 3.81. The molecule has 0 bridgehead atoms. The molecule has 0 aliphatic carbocycles. The highest BCUT2D eigenvalue weighted by atomic mass is 32.2. The van der Waals surface area contributed by atoms with Crippen LogP contribution in [0.15, 0.2) is 77.2 Å². The van der Waals surface area contributed by atoms with Gasteiger partial charge >= 0.3 is 0 Å². The molecular weight excluding hydrogens is 430 g/mol. The van der Waals surface area contributed by atoms with Crippen LogP contribution in [-0.2, 0) is 17.6 Å². The maximum Gasteiger partial charge on any atom is 0.125 e. The van der Waals surface area contributed by atoms with Gasteiger partial charge in [-0.2, -0.15) is 0 Å². The highest BCUT2D eigenvalue weighted by molar-refractivity contribution is 8.02. The molecule has 0 aliphatic rings. The third-order valence-corrected chi connectivity index (χ3v) is 5.80. The number of carbonyl (C=O) groups is 1. The quantitative estimate of drug-likeness (QED) is 0.147. The smallest absolute Gasteiger partial charge is 0.125 e. The number of carbonyl (C=O) groups excluding carboxylic acids is 1. The Balaban J connectivity index is 0.000000299. The van der Waals surface area contributed by atoms with Gasteiger partial charge in [0.25, 0.3) is 0 Å². The predicted molar refractivity (Wildman–Crippen MR) is 142 cm³/mol. The average Bonchev–Trinajstić information content (AvgIpc) is 3.40. The Morgan fingerprint density at radius 1 is 1.15 bits per heavy atom. The third kappa shape index (κ3) is 9.47. The average molecular weight is 464 g/mol. The molecule has 0 fully saturated rings. The number of imidazole rings is 1. The molecule has 3 rings (SSSR count). The van der Waals surface area contributed by atoms with Gasteiger partial charge in [0.2, 0.25) is 0 Å². The number of H-pyrrole nitrogens is 1. The van der Waals surface area contributed by atoms with Gasteiger partial charge in [0.1, 0.15) is 6.29 Å². The van der Waals surface area contributed by atoms with E-state index in [4.69, 9.17) is 0 Å². The van der Waals surface area contributed by atoms with Crippen LogP contribution in [0, 0.1) is 0 Å². The van der Waals surface area contributed by atoms with Gasteiger partial charge in [0, 0.05) is 30.6 Å². The number of thioether (sulfide) groups is 1. The van der Waals surface area contributed by atoms with E-state index in [0.717, 1.165) is 48.5 Å². The van der Waals surface area contributed by atoms with Crippen LogP contribution >= 0.6 is 11.8 Å². The Hall–Kier alpha value is -3.16. The van der Waals surface area contributed by atoms with E-state index >= 15 is 0 Å². The second-order valence-electron chi connectivity index (χ2n) is 7.23. The summed E-state index contributed by atoms with van der Waals surface area (Å²) in [4.78, 5) is 21.1. The molecule has 3 aromatic rings. The number of rotatable bonds is 12. The van der Waals surface area contributed by atoms with E-state index in [1.54, 1.807) is 18.1 Å². The highest BCUT2D eigenvalue weighted by Gasteiger charge is 2.05. The van der Waals surface area contributed by atoms with Crippen LogP contribution < -0.4 is 10.6 Å². The molecule has 0 saturated carbocycles. The first kappa shape index (κ1) is 26.1. The summed E-state index contributed by atoms with van der Waals surface area (Å²) in [5, 5.41) is 7.94. The summed E-state index contributed by atoms with van der Waals surface area (Å²) in [6, 6.07) is 17.2. The number of aromatic amines is 1. The fourth-order valence-electron chi connectivity index (χ4n) is 3.18. The van der Waals surface area contributed by atoms with E-state index in [9.17, 15) is 4.79 Å². The first-order chi connectivity index (χ1) is 16.2. The summed E-state index contributed by atoms with van der Waals surface area (Å²) in [5.74, 6) is 0.817. The van der Waals surface area contributed by atoms with Gasteiger partial charge in [0.05, 0.1) is 23.9 Å². The highest BCUT2D eigenvalue weighted by Crippen LogP contribution is 2.23. The molecule has 0 unspecified atom stereocenters. The summed E-state index contributed by atoms with van der Waals surface area (Å²) >= 11 is 1.56. The Labute approximate surface area is 201 Å². The standard InChI is InChI=1S/C19H21N3.C7H12N2OS/c1-20-17-11-9-15(10-12-17)5-4-7-16-6-2-3-8-18(16)19-13-21-14-22-19;1-8-6-11-5-7(9-2)3-4-10/h2-3,6,8-14,20H,4-5,7H2,1H3,(H,21,22);4-5,8H,2-3,6H2,1H3/b;7-5-. The van der Waals surface area contributed by atoms with Crippen LogP contribution in [0.4, 0.5) is 5.69 Å². The van der Waals surface area contributed by atoms with Crippen LogP contribution in [0.25, 0.3) is 11.3 Å². The molecule has 6 nitrogen and oxygen atoms in total. The zero-order chi connectivity index (χ0) is 23.7. The first-order valence-corrected chi connectivity index (χ1v) is 12.0. The second kappa shape index (κ2) is 15.6. The maximum atomic E-state index is 10.1. The molecule has 3 N–H and O–H groups in total. The van der Waals surface area contributed by atoms with Gasteiger partial charge < -0.3 is 20.4 Å². The summed E-state index contributed by atoms with van der Waals surface area (Å²) in [6.07, 6.45) is 8.10. The van der Waals surface area contributed by atoms with E-state index < -0.39 is 0 Å². The van der Waals surface area contributed by atoms with Crippen molar-refractivity contribution in [3.63, 3.8) is 0 Å². The second-order valence-corrected chi connectivity index (χ2v) is 8.08. The SMILES string of the molecule is C=N/C(=C\SCNC)CC=O.CNc1ccc(CCCc2ccccc2-c2cnc[nH]2)cc1. The topological polar surface area (TPSA) is 82.2 Å². The van der Waals surface area contributed by atoms with Crippen molar-refractivity contribution in [2.45, 2.75) is 25.7 Å². The normalized spacial score (nSPS) is 10.8. The lowest BCUT2D eigenvalue weighted by Gasteiger charge is -2.08. The molecule has 0 saturated heterocycles. The minimum atomic E-state index is 0.347. The molecule has 2 aromatic carbocycles. The van der Waals surface area contributed by atoms with Crippen molar-refractivity contribution in [2.75, 3.05) is 25.3 Å². The van der Waals surface area contributed by atoms with Gasteiger partial charge in [-0.05, 0) is 61.7 Å². The van der Waals surface area contributed by atoms with Crippen molar-refractivity contribution in [3.8, 4) is 11.3 Å². The number of aryl methyl sites for hydroxylation is 2. The number of anilines is 1. The first-order valence-electron chi connectivity index (χ1n) is 10.9. The van der Waals surface area contributed by atoms with Gasteiger partial charge in [-0.1, -0.05) is 36.4 Å². The third-order valence-electron chi connectivity index (χ3n) is 4.90. The van der Waals surface area contributed by atoms with Crippen molar-refractivity contribution in [1.82, 2.24) is 15.3 Å². The molecule has 1 aromatic heterocycles. The predicted octanol–water partition coefficient (Wildman–Crippen LogP) is 5.32. The molecule has 0 atom stereocenters. The Morgan fingerprint density at radius 2 is 1.94 bits per heavy atom. The van der Waals surface area contributed by atoms with Gasteiger partial charge in [-0.25, -0.2) is 4.98 Å². The van der Waals surface area contributed by atoms with Crippen LogP contribution in [-0.4, -0.2) is 42.9 Å². The minimum absolute atomic E-state index is 0.347. The molecule has 0 amide bonds. The molecule has 174 valence electrons. The molecular formula is C26H33N5OS. The number of hydrogen-bond acceptors (Lipinski definition) is 6. The lowest BCUT2D eigenvalue weighted by Crippen LogP contribution is -2.01. The summed E-state index contributed by atoms with van der Waals surface area (Å²) < 4.78 is 0. The number of hydrogen-bond donors (Lipinski definition) is 3. The van der Waals surface area contributed by atoms with Gasteiger partial charge in [-0.3, -0.25) is 4.99 Å². The molecule has 1 heterocycles. The van der Waals surface area contributed by atoms with Crippen molar-refractivity contribution in [3.05, 3.63) is 83.3 Å². The van der Waals surface area contributed by atoms with Crippen LogP contribution in [0.1, 0.15) is 24.0 Å². The number of benzene rings is 2. The molecule has 33 heavy (non-hydrogen) atoms.